The van der Waals surface area contributed by atoms with Crippen molar-refractivity contribution in [2.45, 2.75) is 17.9 Å². The van der Waals surface area contributed by atoms with Gasteiger partial charge in [-0.1, -0.05) is 12.1 Å². The molecule has 1 N–H and O–H groups in total. The van der Waals surface area contributed by atoms with Crippen molar-refractivity contribution in [1.82, 2.24) is 10.4 Å². The van der Waals surface area contributed by atoms with Gasteiger partial charge in [0.1, 0.15) is 0 Å². The summed E-state index contributed by atoms with van der Waals surface area (Å²) in [6.07, 6.45) is 1.22. The van der Waals surface area contributed by atoms with Gasteiger partial charge in [-0.05, 0) is 24.6 Å². The van der Waals surface area contributed by atoms with E-state index in [1.807, 2.05) is 12.1 Å². The van der Waals surface area contributed by atoms with Crippen LogP contribution in [-0.4, -0.2) is 46.0 Å². The lowest BCUT2D eigenvalue weighted by molar-refractivity contribution is 0.00484. The quantitative estimate of drug-likeness (QED) is 0.893. The van der Waals surface area contributed by atoms with Gasteiger partial charge in [0.15, 0.2) is 9.84 Å². The Morgan fingerprint density at radius 3 is 2.32 bits per heavy atom. The molecule has 0 radical (unpaired) electrons. The van der Waals surface area contributed by atoms with Crippen LogP contribution < -0.4 is 5.43 Å². The van der Waals surface area contributed by atoms with Crippen molar-refractivity contribution < 1.29 is 13.2 Å². The first-order chi connectivity index (χ1) is 8.97. The van der Waals surface area contributed by atoms with Gasteiger partial charge in [-0.3, -0.25) is 0 Å². The molecule has 0 amide bonds. The Morgan fingerprint density at radius 1 is 1.21 bits per heavy atom. The highest BCUT2D eigenvalue weighted by Gasteiger charge is 2.14. The van der Waals surface area contributed by atoms with Crippen LogP contribution in [-0.2, 0) is 14.6 Å². The second-order valence-corrected chi connectivity index (χ2v) is 6.81. The number of hydrogen-bond acceptors (Lipinski definition) is 5. The van der Waals surface area contributed by atoms with Crippen LogP contribution in [0.2, 0.25) is 0 Å². The van der Waals surface area contributed by atoms with Gasteiger partial charge in [-0.15, -0.1) is 0 Å². The van der Waals surface area contributed by atoms with Crippen molar-refractivity contribution in [2.75, 3.05) is 32.6 Å². The van der Waals surface area contributed by atoms with E-state index in [0.29, 0.717) is 4.90 Å². The maximum atomic E-state index is 11.4. The molecule has 1 fully saturated rings. The van der Waals surface area contributed by atoms with Crippen LogP contribution in [0.1, 0.15) is 18.5 Å². The summed E-state index contributed by atoms with van der Waals surface area (Å²) in [5.41, 5.74) is 4.47. The van der Waals surface area contributed by atoms with Crippen molar-refractivity contribution in [3.05, 3.63) is 29.8 Å². The van der Waals surface area contributed by atoms with Crippen molar-refractivity contribution in [3.8, 4) is 0 Å². The van der Waals surface area contributed by atoms with E-state index >= 15 is 0 Å². The summed E-state index contributed by atoms with van der Waals surface area (Å²) in [5, 5.41) is 2.14. The van der Waals surface area contributed by atoms with Gasteiger partial charge >= 0.3 is 0 Å². The average molecular weight is 284 g/mol. The first kappa shape index (κ1) is 14.5. The van der Waals surface area contributed by atoms with Gasteiger partial charge < -0.3 is 4.74 Å². The Bertz CT molecular complexity index is 507. The summed E-state index contributed by atoms with van der Waals surface area (Å²) in [6, 6.07) is 7.17. The summed E-state index contributed by atoms with van der Waals surface area (Å²) in [7, 11) is -3.12. The molecule has 0 saturated carbocycles. The topological polar surface area (TPSA) is 58.6 Å². The van der Waals surface area contributed by atoms with E-state index in [2.05, 4.69) is 17.4 Å². The van der Waals surface area contributed by atoms with Crippen molar-refractivity contribution >= 4 is 9.84 Å². The summed E-state index contributed by atoms with van der Waals surface area (Å²) >= 11 is 0. The normalized spacial score (nSPS) is 19.3. The maximum absolute atomic E-state index is 11.4. The molecule has 2 rings (SSSR count). The van der Waals surface area contributed by atoms with Crippen LogP contribution >= 0.6 is 0 Å². The highest BCUT2D eigenvalue weighted by molar-refractivity contribution is 7.90. The fraction of sp³-hybridized carbons (Fsp3) is 0.538. The van der Waals surface area contributed by atoms with Crippen LogP contribution in [0.25, 0.3) is 0 Å². The minimum atomic E-state index is -3.12. The Balaban J connectivity index is 2.01. The van der Waals surface area contributed by atoms with Crippen LogP contribution in [0.5, 0.6) is 0 Å². The number of ether oxygens (including phenoxy) is 1. The largest absolute Gasteiger partial charge is 0.379 e. The molecule has 106 valence electrons. The minimum Gasteiger partial charge on any atom is -0.379 e. The fourth-order valence-corrected chi connectivity index (χ4v) is 2.68. The molecule has 1 aromatic carbocycles. The van der Waals surface area contributed by atoms with Gasteiger partial charge in [-0.2, -0.15) is 0 Å². The Kier molecular flexibility index (Phi) is 4.57. The van der Waals surface area contributed by atoms with Gasteiger partial charge in [0.05, 0.1) is 18.1 Å². The van der Waals surface area contributed by atoms with E-state index in [1.165, 1.54) is 6.26 Å². The van der Waals surface area contributed by atoms with E-state index in [0.717, 1.165) is 31.9 Å². The fourth-order valence-electron chi connectivity index (χ4n) is 2.04. The molecular weight excluding hydrogens is 264 g/mol. The Morgan fingerprint density at radius 2 is 1.79 bits per heavy atom. The lowest BCUT2D eigenvalue weighted by Gasteiger charge is -2.30. The number of rotatable bonds is 4. The van der Waals surface area contributed by atoms with E-state index in [4.69, 9.17) is 4.74 Å². The van der Waals surface area contributed by atoms with Crippen molar-refractivity contribution in [2.24, 2.45) is 0 Å². The molecule has 6 heteroatoms. The SMILES string of the molecule is CC(NN1CCOCC1)c1ccc(S(C)(=O)=O)cc1. The molecule has 0 spiro atoms. The second-order valence-electron chi connectivity index (χ2n) is 4.79. The van der Waals surface area contributed by atoms with Gasteiger partial charge in [0.25, 0.3) is 0 Å². The molecule has 1 unspecified atom stereocenters. The molecule has 0 aromatic heterocycles. The smallest absolute Gasteiger partial charge is 0.175 e. The molecule has 1 heterocycles. The first-order valence-corrected chi connectivity index (χ1v) is 8.25. The number of nitrogens with zero attached hydrogens (tertiary/aromatic N) is 1. The first-order valence-electron chi connectivity index (χ1n) is 6.36. The highest BCUT2D eigenvalue weighted by atomic mass is 32.2. The molecule has 1 atom stereocenters. The molecule has 1 aliphatic heterocycles. The standard InChI is InChI=1S/C13H20N2O3S/c1-11(14-15-7-9-18-10-8-15)12-3-5-13(6-4-12)19(2,16)17/h3-6,11,14H,7-10H2,1-2H3. The third-order valence-electron chi connectivity index (χ3n) is 3.20. The number of morpholine rings is 1. The van der Waals surface area contributed by atoms with Crippen LogP contribution in [0, 0.1) is 0 Å². The van der Waals surface area contributed by atoms with Crippen molar-refractivity contribution in [3.63, 3.8) is 0 Å². The molecule has 1 aromatic rings. The number of benzene rings is 1. The van der Waals surface area contributed by atoms with E-state index in [1.54, 1.807) is 12.1 Å². The van der Waals surface area contributed by atoms with Crippen LogP contribution in [0.15, 0.2) is 29.2 Å². The molecule has 0 bridgehead atoms. The average Bonchev–Trinajstić information content (AvgIpc) is 2.39. The molecular formula is C13H20N2O3S. The summed E-state index contributed by atoms with van der Waals surface area (Å²) in [4.78, 5) is 0.356. The molecule has 0 aliphatic carbocycles. The third-order valence-corrected chi connectivity index (χ3v) is 4.32. The predicted octanol–water partition coefficient (Wildman–Crippen LogP) is 0.988. The van der Waals surface area contributed by atoms with Gasteiger partial charge in [0.2, 0.25) is 0 Å². The molecule has 19 heavy (non-hydrogen) atoms. The van der Waals surface area contributed by atoms with Crippen LogP contribution in [0.4, 0.5) is 0 Å². The zero-order valence-corrected chi connectivity index (χ0v) is 12.1. The molecule has 1 saturated heterocycles. The third kappa shape index (κ3) is 4.01. The number of sulfone groups is 1. The zero-order chi connectivity index (χ0) is 13.9. The lowest BCUT2D eigenvalue weighted by Crippen LogP contribution is -2.46. The monoisotopic (exact) mass is 284 g/mol. The van der Waals surface area contributed by atoms with Gasteiger partial charge in [-0.25, -0.2) is 18.9 Å². The van der Waals surface area contributed by atoms with Crippen molar-refractivity contribution in [1.29, 1.82) is 0 Å². The second kappa shape index (κ2) is 6.00. The summed E-state index contributed by atoms with van der Waals surface area (Å²) in [6.45, 7) is 5.28. The predicted molar refractivity (Wildman–Crippen MR) is 73.5 cm³/mol. The maximum Gasteiger partial charge on any atom is 0.175 e. The number of hydrazine groups is 1. The lowest BCUT2D eigenvalue weighted by atomic mass is 10.1. The van der Waals surface area contributed by atoms with E-state index < -0.39 is 9.84 Å². The van der Waals surface area contributed by atoms with E-state index in [9.17, 15) is 8.42 Å². The summed E-state index contributed by atoms with van der Waals surface area (Å²) < 4.78 is 28.1. The van der Waals surface area contributed by atoms with E-state index in [-0.39, 0.29) is 6.04 Å². The Hall–Kier alpha value is -0.950. The minimum absolute atomic E-state index is 0.145. The molecule has 1 aliphatic rings. The van der Waals surface area contributed by atoms with Crippen LogP contribution in [0.3, 0.4) is 0 Å². The zero-order valence-electron chi connectivity index (χ0n) is 11.3. The van der Waals surface area contributed by atoms with Gasteiger partial charge in [0, 0.05) is 25.4 Å². The molecule has 5 nitrogen and oxygen atoms in total. The number of nitrogens with one attached hydrogen (secondary N) is 1. The number of hydrogen-bond donors (Lipinski definition) is 1. The summed E-state index contributed by atoms with van der Waals surface area (Å²) in [5.74, 6) is 0. The Labute approximate surface area is 114 Å². The highest BCUT2D eigenvalue weighted by Crippen LogP contribution is 2.16.